The largest absolute Gasteiger partial charge is 0.350 e. The van der Waals surface area contributed by atoms with E-state index in [-0.39, 0.29) is 30.7 Å². The lowest BCUT2D eigenvalue weighted by molar-refractivity contribution is -0.126. The van der Waals surface area contributed by atoms with E-state index >= 15 is 0 Å². The molecule has 2 amide bonds. The number of ketones is 1. The maximum Gasteiger partial charge on any atom is 0.239 e. The Morgan fingerprint density at radius 3 is 2.50 bits per heavy atom. The zero-order valence-electron chi connectivity index (χ0n) is 8.50. The van der Waals surface area contributed by atoms with E-state index in [0.29, 0.717) is 6.41 Å². The second-order valence-corrected chi connectivity index (χ2v) is 3.05. The number of carbonyl (C=O) groups excluding carboxylic acids is 3. The number of carbonyl (C=O) groups is 3. The van der Waals surface area contributed by atoms with Crippen molar-refractivity contribution in [1.82, 2.24) is 10.6 Å². The molecule has 0 aliphatic heterocycles. The highest BCUT2D eigenvalue weighted by Crippen LogP contribution is 2.00. The molecule has 0 aromatic rings. The van der Waals surface area contributed by atoms with Crippen molar-refractivity contribution in [2.75, 3.05) is 13.1 Å². The molecule has 0 bridgehead atoms. The minimum atomic E-state index is -0.353. The number of nitrogens with one attached hydrogen (secondary N) is 2. The smallest absolute Gasteiger partial charge is 0.239 e. The number of hydrogen-bond donors (Lipinski definition) is 2. The first-order valence-corrected chi connectivity index (χ1v) is 4.58. The molecular formula is C9H16N2O3. The fourth-order valence-electron chi connectivity index (χ4n) is 0.784. The van der Waals surface area contributed by atoms with Gasteiger partial charge in [0, 0.05) is 5.92 Å². The average Bonchev–Trinajstić information content (AvgIpc) is 2.21. The highest BCUT2D eigenvalue weighted by molar-refractivity contribution is 5.88. The van der Waals surface area contributed by atoms with E-state index in [1.54, 1.807) is 0 Å². The molecule has 0 saturated heterocycles. The summed E-state index contributed by atoms with van der Waals surface area (Å²) in [5.41, 5.74) is 0. The number of amides is 2. The van der Waals surface area contributed by atoms with Gasteiger partial charge in [0.15, 0.2) is 5.78 Å². The van der Waals surface area contributed by atoms with Gasteiger partial charge < -0.3 is 10.6 Å². The van der Waals surface area contributed by atoms with Gasteiger partial charge in [0.05, 0.1) is 13.1 Å². The van der Waals surface area contributed by atoms with Gasteiger partial charge >= 0.3 is 0 Å². The van der Waals surface area contributed by atoms with Crippen LogP contribution in [-0.4, -0.2) is 31.2 Å². The van der Waals surface area contributed by atoms with Crippen molar-refractivity contribution < 1.29 is 14.4 Å². The van der Waals surface area contributed by atoms with Crippen molar-refractivity contribution in [3.8, 4) is 0 Å². The third-order valence-corrected chi connectivity index (χ3v) is 1.97. The van der Waals surface area contributed by atoms with Gasteiger partial charge in [-0.15, -0.1) is 0 Å². The molecule has 5 nitrogen and oxygen atoms in total. The van der Waals surface area contributed by atoms with E-state index in [0.717, 1.165) is 6.42 Å². The second-order valence-electron chi connectivity index (χ2n) is 3.05. The maximum atomic E-state index is 11.2. The van der Waals surface area contributed by atoms with Crippen molar-refractivity contribution in [3.63, 3.8) is 0 Å². The summed E-state index contributed by atoms with van der Waals surface area (Å²) in [7, 11) is 0. The van der Waals surface area contributed by atoms with Crippen LogP contribution in [0.2, 0.25) is 0 Å². The Morgan fingerprint density at radius 1 is 1.36 bits per heavy atom. The van der Waals surface area contributed by atoms with Gasteiger partial charge in [-0.2, -0.15) is 0 Å². The molecule has 0 spiro atoms. The summed E-state index contributed by atoms with van der Waals surface area (Å²) in [5.74, 6) is -0.380. The molecule has 1 unspecified atom stereocenters. The Morgan fingerprint density at radius 2 is 2.00 bits per heavy atom. The minimum absolute atomic E-state index is 0.00644. The van der Waals surface area contributed by atoms with Gasteiger partial charge in [0.25, 0.3) is 0 Å². The van der Waals surface area contributed by atoms with Crippen LogP contribution in [0.25, 0.3) is 0 Å². The molecule has 0 saturated carbocycles. The first-order chi connectivity index (χ1) is 6.61. The van der Waals surface area contributed by atoms with Gasteiger partial charge in [0.1, 0.15) is 0 Å². The molecule has 14 heavy (non-hydrogen) atoms. The Kier molecular flexibility index (Phi) is 6.36. The third kappa shape index (κ3) is 5.29. The minimum Gasteiger partial charge on any atom is -0.350 e. The van der Waals surface area contributed by atoms with E-state index in [1.165, 1.54) is 0 Å². The predicted octanol–water partition coefficient (Wildman–Crippen LogP) is -0.536. The molecule has 0 aliphatic rings. The monoisotopic (exact) mass is 200 g/mol. The molecule has 2 N–H and O–H groups in total. The first-order valence-electron chi connectivity index (χ1n) is 4.58. The molecule has 0 rings (SSSR count). The van der Waals surface area contributed by atoms with Gasteiger partial charge in [0.2, 0.25) is 12.3 Å². The van der Waals surface area contributed by atoms with Crippen molar-refractivity contribution in [1.29, 1.82) is 0 Å². The lowest BCUT2D eigenvalue weighted by Crippen LogP contribution is -2.37. The Balaban J connectivity index is 3.66. The molecule has 1 atom stereocenters. The van der Waals surface area contributed by atoms with Gasteiger partial charge in [-0.1, -0.05) is 13.8 Å². The van der Waals surface area contributed by atoms with Crippen LogP contribution in [0.3, 0.4) is 0 Å². The molecular weight excluding hydrogens is 184 g/mol. The molecule has 80 valence electrons. The highest BCUT2D eigenvalue weighted by atomic mass is 16.2. The molecule has 0 fully saturated rings. The third-order valence-electron chi connectivity index (χ3n) is 1.97. The van der Waals surface area contributed by atoms with Crippen LogP contribution in [-0.2, 0) is 14.4 Å². The van der Waals surface area contributed by atoms with Crippen LogP contribution in [0.15, 0.2) is 0 Å². The van der Waals surface area contributed by atoms with Crippen LogP contribution in [0, 0.1) is 5.92 Å². The van der Waals surface area contributed by atoms with E-state index in [9.17, 15) is 14.4 Å². The molecule has 0 aromatic heterocycles. The predicted molar refractivity (Wildman–Crippen MR) is 51.5 cm³/mol. The zero-order valence-corrected chi connectivity index (χ0v) is 8.50. The van der Waals surface area contributed by atoms with E-state index in [1.807, 2.05) is 13.8 Å². The van der Waals surface area contributed by atoms with E-state index in [2.05, 4.69) is 10.6 Å². The summed E-state index contributed by atoms with van der Waals surface area (Å²) in [6, 6.07) is 0. The molecule has 0 heterocycles. The highest BCUT2D eigenvalue weighted by Gasteiger charge is 2.11. The average molecular weight is 200 g/mol. The van der Waals surface area contributed by atoms with Crippen LogP contribution < -0.4 is 10.6 Å². The molecule has 0 aliphatic carbocycles. The summed E-state index contributed by atoms with van der Waals surface area (Å²) in [5, 5.41) is 4.63. The van der Waals surface area contributed by atoms with Crippen LogP contribution in [0.4, 0.5) is 0 Å². The molecule has 5 heteroatoms. The Bertz CT molecular complexity index is 216. The summed E-state index contributed by atoms with van der Waals surface area (Å²) in [6.45, 7) is 3.68. The van der Waals surface area contributed by atoms with Crippen molar-refractivity contribution in [3.05, 3.63) is 0 Å². The van der Waals surface area contributed by atoms with Gasteiger partial charge in [-0.05, 0) is 6.42 Å². The van der Waals surface area contributed by atoms with Gasteiger partial charge in [-0.25, -0.2) is 0 Å². The lowest BCUT2D eigenvalue weighted by Gasteiger charge is -2.08. The SMILES string of the molecule is CCC(C)C(=O)CNC(=O)CNC=O. The van der Waals surface area contributed by atoms with Crippen LogP contribution in [0.1, 0.15) is 20.3 Å². The first kappa shape index (κ1) is 12.6. The normalized spacial score (nSPS) is 11.6. The molecule has 0 aromatic carbocycles. The molecule has 0 radical (unpaired) electrons. The zero-order chi connectivity index (χ0) is 11.0. The van der Waals surface area contributed by atoms with Crippen molar-refractivity contribution >= 4 is 18.1 Å². The number of Topliss-reactive ketones (excluding diaryl/α,β-unsaturated/α-hetero) is 1. The van der Waals surface area contributed by atoms with Crippen molar-refractivity contribution in [2.45, 2.75) is 20.3 Å². The second kappa shape index (κ2) is 7.06. The maximum absolute atomic E-state index is 11.2. The van der Waals surface area contributed by atoms with E-state index < -0.39 is 0 Å². The van der Waals surface area contributed by atoms with Crippen molar-refractivity contribution in [2.24, 2.45) is 5.92 Å². The summed E-state index contributed by atoms with van der Waals surface area (Å²) < 4.78 is 0. The quantitative estimate of drug-likeness (QED) is 0.542. The van der Waals surface area contributed by atoms with Crippen LogP contribution in [0.5, 0.6) is 0 Å². The summed E-state index contributed by atoms with van der Waals surface area (Å²) in [4.78, 5) is 32.0. The fourth-order valence-corrected chi connectivity index (χ4v) is 0.784. The summed E-state index contributed by atoms with van der Waals surface area (Å²) in [6.07, 6.45) is 1.21. The number of rotatable bonds is 7. The summed E-state index contributed by atoms with van der Waals surface area (Å²) >= 11 is 0. The Hall–Kier alpha value is -1.39. The van der Waals surface area contributed by atoms with E-state index in [4.69, 9.17) is 0 Å². The van der Waals surface area contributed by atoms with Crippen LogP contribution >= 0.6 is 0 Å². The lowest BCUT2D eigenvalue weighted by atomic mass is 10.0. The van der Waals surface area contributed by atoms with Gasteiger partial charge in [-0.3, -0.25) is 14.4 Å². The standard InChI is InChI=1S/C9H16N2O3/c1-3-7(2)8(13)4-11-9(14)5-10-6-12/h6-7H,3-5H2,1-2H3,(H,10,12)(H,11,14). The fraction of sp³-hybridized carbons (Fsp3) is 0.667. The topological polar surface area (TPSA) is 75.3 Å². The number of hydrogen-bond acceptors (Lipinski definition) is 3. The Labute approximate surface area is 83.2 Å².